The fourth-order valence-corrected chi connectivity index (χ4v) is 1.87. The minimum Gasteiger partial charge on any atom is -0.489 e. The minimum absolute atomic E-state index is 0.325. The van der Waals surface area contributed by atoms with Gasteiger partial charge in [-0.2, -0.15) is 0 Å². The predicted molar refractivity (Wildman–Crippen MR) is 65.0 cm³/mol. The summed E-state index contributed by atoms with van der Waals surface area (Å²) < 4.78 is 5.74. The number of rotatable bonds is 3. The van der Waals surface area contributed by atoms with Crippen molar-refractivity contribution in [3.05, 3.63) is 28.8 Å². The smallest absolute Gasteiger partial charge is 0.138 e. The van der Waals surface area contributed by atoms with Crippen LogP contribution >= 0.6 is 11.6 Å². The Morgan fingerprint density at radius 3 is 2.50 bits per heavy atom. The Balaban J connectivity index is 2.15. The van der Waals surface area contributed by atoms with Crippen molar-refractivity contribution in [2.45, 2.75) is 44.8 Å². The average molecular weight is 241 g/mol. The molecule has 2 rings (SSSR count). The summed E-state index contributed by atoms with van der Waals surface area (Å²) in [5.41, 5.74) is -0.0583. The number of benzene rings is 1. The van der Waals surface area contributed by atoms with Crippen LogP contribution in [0.15, 0.2) is 18.2 Å². The van der Waals surface area contributed by atoms with E-state index in [4.69, 9.17) is 16.3 Å². The van der Waals surface area contributed by atoms with E-state index in [-0.39, 0.29) is 0 Å². The Hall–Kier alpha value is -0.730. The molecule has 0 amide bonds. The Bertz CT molecular complexity index is 378. The maximum Gasteiger partial charge on any atom is 0.138 e. The van der Waals surface area contributed by atoms with E-state index in [1.165, 1.54) is 6.42 Å². The molecule has 1 fully saturated rings. The van der Waals surface area contributed by atoms with Gasteiger partial charge >= 0.3 is 0 Å². The van der Waals surface area contributed by atoms with Gasteiger partial charge < -0.3 is 9.84 Å². The summed E-state index contributed by atoms with van der Waals surface area (Å²) in [6.07, 6.45) is 3.79. The summed E-state index contributed by atoms with van der Waals surface area (Å²) in [5.74, 6) is 0.722. The summed E-state index contributed by atoms with van der Waals surface area (Å²) in [4.78, 5) is 0. The molecule has 0 heterocycles. The van der Waals surface area contributed by atoms with Gasteiger partial charge in [0.2, 0.25) is 0 Å². The molecule has 1 aliphatic rings. The third-order valence-corrected chi connectivity index (χ3v) is 3.28. The molecule has 88 valence electrons. The normalized spacial score (nSPS) is 17.0. The van der Waals surface area contributed by atoms with Gasteiger partial charge in [-0.05, 0) is 50.8 Å². The van der Waals surface area contributed by atoms with Crippen LogP contribution < -0.4 is 4.74 Å². The second kappa shape index (κ2) is 4.27. The van der Waals surface area contributed by atoms with Crippen LogP contribution in [0, 0.1) is 0 Å². The first-order valence-electron chi connectivity index (χ1n) is 5.66. The zero-order valence-corrected chi connectivity index (χ0v) is 10.4. The lowest BCUT2D eigenvalue weighted by Gasteiger charge is -2.27. The van der Waals surface area contributed by atoms with Gasteiger partial charge in [-0.3, -0.25) is 0 Å². The first kappa shape index (κ1) is 11.7. The van der Waals surface area contributed by atoms with E-state index >= 15 is 0 Å². The number of ether oxygens (including phenoxy) is 1. The van der Waals surface area contributed by atoms with E-state index in [0.717, 1.165) is 24.2 Å². The van der Waals surface area contributed by atoms with Crippen molar-refractivity contribution in [1.29, 1.82) is 0 Å². The average Bonchev–Trinajstić information content (AvgIpc) is 2.11. The van der Waals surface area contributed by atoms with E-state index in [1.807, 2.05) is 12.1 Å². The lowest BCUT2D eigenvalue weighted by Crippen LogP contribution is -2.24. The van der Waals surface area contributed by atoms with Crippen LogP contribution in [-0.4, -0.2) is 11.2 Å². The van der Waals surface area contributed by atoms with Crippen molar-refractivity contribution in [2.75, 3.05) is 0 Å². The summed E-state index contributed by atoms with van der Waals surface area (Å²) in [7, 11) is 0. The molecule has 0 atom stereocenters. The summed E-state index contributed by atoms with van der Waals surface area (Å²) in [5, 5.41) is 10.4. The Morgan fingerprint density at radius 1 is 1.38 bits per heavy atom. The molecule has 0 bridgehead atoms. The Morgan fingerprint density at radius 2 is 2.06 bits per heavy atom. The summed E-state index contributed by atoms with van der Waals surface area (Å²) >= 11 is 6.12. The second-order valence-corrected chi connectivity index (χ2v) is 5.28. The first-order chi connectivity index (χ1) is 7.47. The topological polar surface area (TPSA) is 29.5 Å². The number of aliphatic hydroxyl groups is 1. The maximum absolute atomic E-state index is 9.84. The van der Waals surface area contributed by atoms with Gasteiger partial charge in [0, 0.05) is 0 Å². The molecule has 1 N–H and O–H groups in total. The second-order valence-electron chi connectivity index (χ2n) is 4.87. The van der Waals surface area contributed by atoms with Crippen molar-refractivity contribution >= 4 is 11.6 Å². The van der Waals surface area contributed by atoms with E-state index in [2.05, 4.69) is 0 Å². The third-order valence-electron chi connectivity index (χ3n) is 2.98. The molecule has 1 aromatic rings. The van der Waals surface area contributed by atoms with Gasteiger partial charge in [-0.1, -0.05) is 17.7 Å². The van der Waals surface area contributed by atoms with E-state index < -0.39 is 5.60 Å². The molecule has 2 nitrogen and oxygen atoms in total. The van der Waals surface area contributed by atoms with Gasteiger partial charge in [0.05, 0.1) is 16.7 Å². The Labute approximate surface area is 101 Å². The van der Waals surface area contributed by atoms with E-state index in [9.17, 15) is 5.11 Å². The molecule has 1 aliphatic carbocycles. The van der Waals surface area contributed by atoms with Crippen molar-refractivity contribution in [3.63, 3.8) is 0 Å². The largest absolute Gasteiger partial charge is 0.489 e. The molecule has 0 spiro atoms. The lowest BCUT2D eigenvalue weighted by molar-refractivity contribution is 0.0783. The highest BCUT2D eigenvalue weighted by Crippen LogP contribution is 2.33. The number of hydrogen-bond donors (Lipinski definition) is 1. The quantitative estimate of drug-likeness (QED) is 0.876. The fourth-order valence-electron chi connectivity index (χ4n) is 1.65. The highest BCUT2D eigenvalue weighted by molar-refractivity contribution is 6.32. The van der Waals surface area contributed by atoms with Gasteiger partial charge in [-0.25, -0.2) is 0 Å². The van der Waals surface area contributed by atoms with E-state index in [1.54, 1.807) is 19.9 Å². The molecule has 16 heavy (non-hydrogen) atoms. The maximum atomic E-state index is 9.84. The molecular formula is C13H17ClO2. The summed E-state index contributed by atoms with van der Waals surface area (Å²) in [6.45, 7) is 3.48. The molecule has 1 aromatic carbocycles. The minimum atomic E-state index is -0.862. The van der Waals surface area contributed by atoms with Crippen LogP contribution in [0.2, 0.25) is 5.02 Å². The molecule has 3 heteroatoms. The van der Waals surface area contributed by atoms with Gasteiger partial charge in [0.15, 0.2) is 0 Å². The monoisotopic (exact) mass is 240 g/mol. The zero-order valence-electron chi connectivity index (χ0n) is 9.66. The molecule has 0 aromatic heterocycles. The van der Waals surface area contributed by atoms with Gasteiger partial charge in [0.1, 0.15) is 5.75 Å². The van der Waals surface area contributed by atoms with Crippen LogP contribution in [0.1, 0.15) is 38.7 Å². The first-order valence-corrected chi connectivity index (χ1v) is 6.03. The lowest BCUT2D eigenvalue weighted by atomic mass is 9.96. The number of hydrogen-bond acceptors (Lipinski definition) is 2. The predicted octanol–water partition coefficient (Wildman–Crippen LogP) is 3.50. The zero-order chi connectivity index (χ0) is 11.8. The molecule has 0 aliphatic heterocycles. The van der Waals surface area contributed by atoms with Gasteiger partial charge in [0.25, 0.3) is 0 Å². The van der Waals surface area contributed by atoms with Crippen molar-refractivity contribution in [3.8, 4) is 5.75 Å². The Kier molecular flexibility index (Phi) is 3.13. The fraction of sp³-hybridized carbons (Fsp3) is 0.538. The number of halogens is 1. The molecular weight excluding hydrogens is 224 g/mol. The summed E-state index contributed by atoms with van der Waals surface area (Å²) in [6, 6.07) is 5.48. The van der Waals surface area contributed by atoms with Crippen LogP contribution in [0.4, 0.5) is 0 Å². The third kappa shape index (κ3) is 2.50. The highest BCUT2D eigenvalue weighted by atomic mass is 35.5. The molecule has 0 saturated heterocycles. The highest BCUT2D eigenvalue weighted by Gasteiger charge is 2.22. The van der Waals surface area contributed by atoms with Crippen LogP contribution in [0.25, 0.3) is 0 Å². The van der Waals surface area contributed by atoms with Crippen molar-refractivity contribution in [2.24, 2.45) is 0 Å². The molecule has 0 radical (unpaired) electrons. The molecule has 1 saturated carbocycles. The van der Waals surface area contributed by atoms with Crippen molar-refractivity contribution < 1.29 is 9.84 Å². The molecule has 0 unspecified atom stereocenters. The van der Waals surface area contributed by atoms with E-state index in [0.29, 0.717) is 11.1 Å². The van der Waals surface area contributed by atoms with Gasteiger partial charge in [-0.15, -0.1) is 0 Å². The SMILES string of the molecule is CC(C)(O)c1ccc(OC2CCC2)c(Cl)c1. The standard InChI is InChI=1S/C13H17ClO2/c1-13(2,15)9-6-7-12(11(14)8-9)16-10-4-3-5-10/h6-8,10,15H,3-5H2,1-2H3. The van der Waals surface area contributed by atoms with Crippen LogP contribution in [-0.2, 0) is 5.60 Å². The van der Waals surface area contributed by atoms with Crippen LogP contribution in [0.3, 0.4) is 0 Å². The van der Waals surface area contributed by atoms with Crippen LogP contribution in [0.5, 0.6) is 5.75 Å². The van der Waals surface area contributed by atoms with Crippen molar-refractivity contribution in [1.82, 2.24) is 0 Å².